The average molecular weight is 280 g/mol. The van der Waals surface area contributed by atoms with E-state index in [1.54, 1.807) is 0 Å². The molecule has 1 saturated carbocycles. The van der Waals surface area contributed by atoms with Crippen molar-refractivity contribution >= 4 is 5.96 Å². The lowest BCUT2D eigenvalue weighted by Gasteiger charge is -2.32. The summed E-state index contributed by atoms with van der Waals surface area (Å²) in [5.41, 5.74) is 0. The summed E-state index contributed by atoms with van der Waals surface area (Å²) < 4.78 is 0. The molecule has 1 heterocycles. The van der Waals surface area contributed by atoms with Crippen molar-refractivity contribution < 1.29 is 0 Å². The highest BCUT2D eigenvalue weighted by Crippen LogP contribution is 2.17. The second-order valence-electron chi connectivity index (χ2n) is 6.33. The lowest BCUT2D eigenvalue weighted by molar-refractivity contribution is 0.183. The van der Waals surface area contributed by atoms with Crippen LogP contribution in [0.4, 0.5) is 0 Å². The van der Waals surface area contributed by atoms with Crippen LogP contribution < -0.4 is 10.6 Å². The van der Waals surface area contributed by atoms with Gasteiger partial charge in [-0.25, -0.2) is 0 Å². The van der Waals surface area contributed by atoms with Crippen molar-refractivity contribution in [3.63, 3.8) is 0 Å². The summed E-state index contributed by atoms with van der Waals surface area (Å²) in [6, 6.07) is 0.633. The minimum absolute atomic E-state index is 0.633. The molecule has 1 aliphatic heterocycles. The Morgan fingerprint density at radius 3 is 2.65 bits per heavy atom. The van der Waals surface area contributed by atoms with Gasteiger partial charge in [-0.2, -0.15) is 0 Å². The first-order chi connectivity index (χ1) is 9.81. The highest BCUT2D eigenvalue weighted by molar-refractivity contribution is 5.79. The number of piperidine rings is 1. The molecule has 2 rings (SSSR count). The number of likely N-dealkylation sites (tertiary alicyclic amines) is 1. The summed E-state index contributed by atoms with van der Waals surface area (Å²) in [5.74, 6) is 1.78. The van der Waals surface area contributed by atoms with Crippen LogP contribution in [0.5, 0.6) is 0 Å². The van der Waals surface area contributed by atoms with Gasteiger partial charge in [-0.1, -0.05) is 26.2 Å². The highest BCUT2D eigenvalue weighted by Gasteiger charge is 2.19. The van der Waals surface area contributed by atoms with Crippen molar-refractivity contribution in [3.8, 4) is 0 Å². The van der Waals surface area contributed by atoms with Gasteiger partial charge in [-0.05, 0) is 44.7 Å². The van der Waals surface area contributed by atoms with Crippen molar-refractivity contribution in [1.82, 2.24) is 15.5 Å². The molecule has 0 aromatic rings. The summed E-state index contributed by atoms with van der Waals surface area (Å²) in [7, 11) is 1.89. The predicted molar refractivity (Wildman–Crippen MR) is 86.2 cm³/mol. The van der Waals surface area contributed by atoms with Crippen molar-refractivity contribution in [2.75, 3.05) is 33.2 Å². The van der Waals surface area contributed by atoms with Crippen molar-refractivity contribution in [3.05, 3.63) is 0 Å². The standard InChI is InChI=1S/C16H32N4/c1-3-20-11-7-8-14(13-20)12-18-16(17-2)19-15-9-5-4-6-10-15/h14-15H,3-13H2,1-2H3,(H2,17,18,19). The first-order valence-electron chi connectivity index (χ1n) is 8.51. The number of nitrogens with one attached hydrogen (secondary N) is 2. The van der Waals surface area contributed by atoms with Crippen molar-refractivity contribution in [1.29, 1.82) is 0 Å². The Balaban J connectivity index is 1.70. The van der Waals surface area contributed by atoms with Crippen LogP contribution in [0.25, 0.3) is 0 Å². The van der Waals surface area contributed by atoms with Crippen molar-refractivity contribution in [2.24, 2.45) is 10.9 Å². The van der Waals surface area contributed by atoms with Crippen LogP contribution in [0, 0.1) is 5.92 Å². The lowest BCUT2D eigenvalue weighted by Crippen LogP contribution is -2.47. The third-order valence-corrected chi connectivity index (χ3v) is 4.78. The average Bonchev–Trinajstić information content (AvgIpc) is 2.52. The third kappa shape index (κ3) is 4.97. The number of guanidine groups is 1. The maximum Gasteiger partial charge on any atom is 0.191 e. The number of hydrogen-bond donors (Lipinski definition) is 2. The van der Waals surface area contributed by atoms with E-state index in [0.29, 0.717) is 6.04 Å². The fourth-order valence-electron chi connectivity index (χ4n) is 3.48. The minimum Gasteiger partial charge on any atom is -0.356 e. The van der Waals surface area contributed by atoms with Gasteiger partial charge in [-0.3, -0.25) is 4.99 Å². The van der Waals surface area contributed by atoms with Gasteiger partial charge in [0.2, 0.25) is 0 Å². The summed E-state index contributed by atoms with van der Waals surface area (Å²) >= 11 is 0. The summed E-state index contributed by atoms with van der Waals surface area (Å²) in [5, 5.41) is 7.14. The molecule has 1 unspecified atom stereocenters. The monoisotopic (exact) mass is 280 g/mol. The largest absolute Gasteiger partial charge is 0.356 e. The smallest absolute Gasteiger partial charge is 0.191 e. The Morgan fingerprint density at radius 2 is 1.95 bits per heavy atom. The van der Waals surface area contributed by atoms with E-state index in [-0.39, 0.29) is 0 Å². The Hall–Kier alpha value is -0.770. The molecule has 0 bridgehead atoms. The van der Waals surface area contributed by atoms with E-state index in [2.05, 4.69) is 27.4 Å². The van der Waals surface area contributed by atoms with Crippen molar-refractivity contribution in [2.45, 2.75) is 57.9 Å². The van der Waals surface area contributed by atoms with Crippen LogP contribution >= 0.6 is 0 Å². The van der Waals surface area contributed by atoms with Gasteiger partial charge in [0.05, 0.1) is 0 Å². The van der Waals surface area contributed by atoms with E-state index in [4.69, 9.17) is 0 Å². The maximum absolute atomic E-state index is 4.39. The molecule has 2 fully saturated rings. The number of nitrogens with zero attached hydrogens (tertiary/aromatic N) is 2. The lowest BCUT2D eigenvalue weighted by atomic mass is 9.95. The molecule has 20 heavy (non-hydrogen) atoms. The molecule has 2 N–H and O–H groups in total. The molecule has 0 spiro atoms. The molecular weight excluding hydrogens is 248 g/mol. The topological polar surface area (TPSA) is 39.7 Å². The van der Waals surface area contributed by atoms with E-state index in [1.807, 2.05) is 7.05 Å². The zero-order valence-electron chi connectivity index (χ0n) is 13.3. The van der Waals surface area contributed by atoms with Crippen LogP contribution in [-0.2, 0) is 0 Å². The van der Waals surface area contributed by atoms with Gasteiger partial charge < -0.3 is 15.5 Å². The molecule has 0 aromatic carbocycles. The molecule has 1 saturated heterocycles. The Morgan fingerprint density at radius 1 is 1.15 bits per heavy atom. The molecule has 4 heteroatoms. The molecule has 4 nitrogen and oxygen atoms in total. The first-order valence-corrected chi connectivity index (χ1v) is 8.51. The van der Waals surface area contributed by atoms with Gasteiger partial charge in [0, 0.05) is 26.2 Å². The zero-order valence-corrected chi connectivity index (χ0v) is 13.3. The van der Waals surface area contributed by atoms with Gasteiger partial charge in [0.15, 0.2) is 5.96 Å². The second-order valence-corrected chi connectivity index (χ2v) is 6.33. The first kappa shape index (κ1) is 15.6. The SMILES string of the molecule is CCN1CCCC(CNC(=NC)NC2CCCCC2)C1. The normalized spacial score (nSPS) is 26.5. The van der Waals surface area contributed by atoms with Crippen LogP contribution in [0.15, 0.2) is 4.99 Å². The van der Waals surface area contributed by atoms with Crippen LogP contribution in [0.2, 0.25) is 0 Å². The van der Waals surface area contributed by atoms with E-state index < -0.39 is 0 Å². The highest BCUT2D eigenvalue weighted by atomic mass is 15.2. The number of rotatable bonds is 4. The summed E-state index contributed by atoms with van der Waals surface area (Å²) in [4.78, 5) is 6.95. The maximum atomic E-state index is 4.39. The minimum atomic E-state index is 0.633. The molecule has 0 amide bonds. The van der Waals surface area contributed by atoms with E-state index in [0.717, 1.165) is 18.4 Å². The molecule has 2 aliphatic rings. The molecule has 0 aromatic heterocycles. The predicted octanol–water partition coefficient (Wildman–Crippen LogP) is 2.22. The van der Waals surface area contributed by atoms with Gasteiger partial charge in [0.25, 0.3) is 0 Å². The molecular formula is C16H32N4. The van der Waals surface area contributed by atoms with Gasteiger partial charge in [0.1, 0.15) is 0 Å². The Kier molecular flexibility index (Phi) is 6.64. The van der Waals surface area contributed by atoms with E-state index >= 15 is 0 Å². The fourth-order valence-corrected chi connectivity index (χ4v) is 3.48. The van der Waals surface area contributed by atoms with Gasteiger partial charge in [-0.15, -0.1) is 0 Å². The summed E-state index contributed by atoms with van der Waals surface area (Å²) in [6.45, 7) is 7.03. The molecule has 1 atom stereocenters. The number of hydrogen-bond acceptors (Lipinski definition) is 2. The second kappa shape index (κ2) is 8.50. The molecule has 1 aliphatic carbocycles. The summed E-state index contributed by atoms with van der Waals surface area (Å²) in [6.07, 6.45) is 9.42. The quantitative estimate of drug-likeness (QED) is 0.613. The molecule has 0 radical (unpaired) electrons. The molecule has 116 valence electrons. The zero-order chi connectivity index (χ0) is 14.2. The number of aliphatic imine (C=N–C) groups is 1. The van der Waals surface area contributed by atoms with E-state index in [9.17, 15) is 0 Å². The fraction of sp³-hybridized carbons (Fsp3) is 0.938. The Bertz CT molecular complexity index is 297. The van der Waals surface area contributed by atoms with E-state index in [1.165, 1.54) is 64.6 Å². The van der Waals surface area contributed by atoms with Crippen LogP contribution in [0.1, 0.15) is 51.9 Å². The van der Waals surface area contributed by atoms with Crippen LogP contribution in [-0.4, -0.2) is 50.1 Å². The van der Waals surface area contributed by atoms with Crippen LogP contribution in [0.3, 0.4) is 0 Å². The van der Waals surface area contributed by atoms with Gasteiger partial charge >= 0.3 is 0 Å². The Labute approximate surface area is 124 Å². The third-order valence-electron chi connectivity index (χ3n) is 4.78.